The third kappa shape index (κ3) is 4.32. The summed E-state index contributed by atoms with van der Waals surface area (Å²) in [5.74, 6) is 0.260. The van der Waals surface area contributed by atoms with Crippen molar-refractivity contribution in [2.45, 2.75) is 19.7 Å². The summed E-state index contributed by atoms with van der Waals surface area (Å²) in [5.41, 5.74) is 8.41. The van der Waals surface area contributed by atoms with Crippen molar-refractivity contribution in [3.63, 3.8) is 0 Å². The standard InChI is InChI=1S/C21H22ClN5O2S/c1-14-2-8-17(9-3-14)27-20(15-4-6-16(22)7-5-15)24-26(21(27)30)13-25-10-11-29-18(12-25)19(23)28/h2-9,18H,10-13H2,1H3,(H2,23,28). The van der Waals surface area contributed by atoms with E-state index in [1.54, 1.807) is 4.68 Å². The molecule has 0 spiro atoms. The van der Waals surface area contributed by atoms with Crippen LogP contribution in [0.15, 0.2) is 48.5 Å². The lowest BCUT2D eigenvalue weighted by Gasteiger charge is -2.30. The molecule has 1 saturated heterocycles. The van der Waals surface area contributed by atoms with Crippen molar-refractivity contribution in [2.75, 3.05) is 19.7 Å². The van der Waals surface area contributed by atoms with Gasteiger partial charge < -0.3 is 10.5 Å². The molecule has 1 amide bonds. The molecular weight excluding hydrogens is 422 g/mol. The van der Waals surface area contributed by atoms with Crippen molar-refractivity contribution in [3.8, 4) is 17.1 Å². The van der Waals surface area contributed by atoms with Crippen LogP contribution < -0.4 is 5.73 Å². The number of ether oxygens (including phenoxy) is 1. The van der Waals surface area contributed by atoms with Crippen LogP contribution in [0.5, 0.6) is 0 Å². The number of nitrogens with two attached hydrogens (primary N) is 1. The summed E-state index contributed by atoms with van der Waals surface area (Å²) in [7, 11) is 0. The Morgan fingerprint density at radius 2 is 1.93 bits per heavy atom. The maximum atomic E-state index is 11.5. The Bertz CT molecular complexity index is 1110. The zero-order valence-corrected chi connectivity index (χ0v) is 18.1. The second-order valence-corrected chi connectivity index (χ2v) is 8.07. The average Bonchev–Trinajstić information content (AvgIpc) is 3.05. The first-order valence-corrected chi connectivity index (χ1v) is 10.4. The predicted molar refractivity (Wildman–Crippen MR) is 118 cm³/mol. The van der Waals surface area contributed by atoms with E-state index in [0.717, 1.165) is 22.6 Å². The number of nitrogens with zero attached hydrogens (tertiary/aromatic N) is 4. The molecule has 2 heterocycles. The molecule has 2 N–H and O–H groups in total. The highest BCUT2D eigenvalue weighted by molar-refractivity contribution is 7.71. The minimum absolute atomic E-state index is 0.408. The van der Waals surface area contributed by atoms with Crippen molar-refractivity contribution in [2.24, 2.45) is 5.73 Å². The molecule has 1 aliphatic heterocycles. The van der Waals surface area contributed by atoms with E-state index < -0.39 is 12.0 Å². The Hall–Kier alpha value is -2.52. The lowest BCUT2D eigenvalue weighted by Crippen LogP contribution is -2.48. The molecule has 156 valence electrons. The van der Waals surface area contributed by atoms with Crippen molar-refractivity contribution in [3.05, 3.63) is 63.9 Å². The fourth-order valence-electron chi connectivity index (χ4n) is 3.40. The van der Waals surface area contributed by atoms with Crippen molar-refractivity contribution in [1.82, 2.24) is 19.2 Å². The minimum atomic E-state index is -0.622. The summed E-state index contributed by atoms with van der Waals surface area (Å²) in [6, 6.07) is 15.6. The molecular formula is C21H22ClN5O2S. The number of hydrogen-bond donors (Lipinski definition) is 1. The second-order valence-electron chi connectivity index (χ2n) is 7.26. The van der Waals surface area contributed by atoms with Gasteiger partial charge in [-0.2, -0.15) is 0 Å². The van der Waals surface area contributed by atoms with Gasteiger partial charge in [0, 0.05) is 29.4 Å². The van der Waals surface area contributed by atoms with Gasteiger partial charge in [0.15, 0.2) is 5.82 Å². The fraction of sp³-hybridized carbons (Fsp3) is 0.286. The summed E-state index contributed by atoms with van der Waals surface area (Å²) >= 11 is 11.9. The highest BCUT2D eigenvalue weighted by atomic mass is 35.5. The third-order valence-electron chi connectivity index (χ3n) is 5.04. The van der Waals surface area contributed by atoms with Crippen molar-refractivity contribution < 1.29 is 9.53 Å². The summed E-state index contributed by atoms with van der Waals surface area (Å²) in [4.78, 5) is 13.6. The Kier molecular flexibility index (Phi) is 6.01. The van der Waals surface area contributed by atoms with Gasteiger partial charge in [0.05, 0.1) is 13.3 Å². The van der Waals surface area contributed by atoms with Crippen LogP contribution in [0.1, 0.15) is 5.56 Å². The number of rotatable bonds is 5. The zero-order chi connectivity index (χ0) is 21.3. The van der Waals surface area contributed by atoms with E-state index in [1.807, 2.05) is 60.0 Å². The van der Waals surface area contributed by atoms with Crippen LogP contribution in [0, 0.1) is 11.7 Å². The maximum absolute atomic E-state index is 11.5. The van der Waals surface area contributed by atoms with Crippen molar-refractivity contribution in [1.29, 1.82) is 0 Å². The number of halogens is 1. The minimum Gasteiger partial charge on any atom is -0.367 e. The zero-order valence-electron chi connectivity index (χ0n) is 16.5. The van der Waals surface area contributed by atoms with Crippen LogP contribution in [0.25, 0.3) is 17.1 Å². The molecule has 2 aromatic carbocycles. The third-order valence-corrected chi connectivity index (χ3v) is 5.68. The number of primary amides is 1. The Balaban J connectivity index is 1.74. The molecule has 30 heavy (non-hydrogen) atoms. The molecule has 0 radical (unpaired) electrons. The summed E-state index contributed by atoms with van der Waals surface area (Å²) in [5, 5.41) is 5.46. The van der Waals surface area contributed by atoms with E-state index >= 15 is 0 Å². The number of carbonyl (C=O) groups excluding carboxylic acids is 1. The van der Waals surface area contributed by atoms with Gasteiger partial charge in [0.2, 0.25) is 10.7 Å². The van der Waals surface area contributed by atoms with Gasteiger partial charge in [-0.05, 0) is 55.5 Å². The van der Waals surface area contributed by atoms with Crippen LogP contribution in [0.2, 0.25) is 5.02 Å². The Morgan fingerprint density at radius 1 is 1.23 bits per heavy atom. The van der Waals surface area contributed by atoms with Crippen LogP contribution in [0.4, 0.5) is 0 Å². The number of hydrogen-bond acceptors (Lipinski definition) is 5. The number of morpholine rings is 1. The molecule has 0 aliphatic carbocycles. The molecule has 9 heteroatoms. The highest BCUT2D eigenvalue weighted by Gasteiger charge is 2.26. The number of aromatic nitrogens is 3. The topological polar surface area (TPSA) is 78.3 Å². The molecule has 1 aliphatic rings. The highest BCUT2D eigenvalue weighted by Crippen LogP contribution is 2.25. The van der Waals surface area contributed by atoms with Gasteiger partial charge in [-0.15, -0.1) is 5.10 Å². The summed E-state index contributed by atoms with van der Waals surface area (Å²) in [6.07, 6.45) is -0.622. The van der Waals surface area contributed by atoms with Gasteiger partial charge in [-0.1, -0.05) is 29.3 Å². The molecule has 1 unspecified atom stereocenters. The average molecular weight is 444 g/mol. The van der Waals surface area contributed by atoms with Gasteiger partial charge in [0.25, 0.3) is 0 Å². The van der Waals surface area contributed by atoms with Crippen LogP contribution in [-0.2, 0) is 16.2 Å². The van der Waals surface area contributed by atoms with Crippen LogP contribution in [0.3, 0.4) is 0 Å². The van der Waals surface area contributed by atoms with E-state index in [9.17, 15) is 4.79 Å². The lowest BCUT2D eigenvalue weighted by molar-refractivity contribution is -0.136. The molecule has 1 aromatic heterocycles. The van der Waals surface area contributed by atoms with Crippen LogP contribution in [-0.4, -0.2) is 51.0 Å². The molecule has 3 aromatic rings. The number of benzene rings is 2. The number of carbonyl (C=O) groups is 1. The van der Waals surface area contributed by atoms with E-state index in [2.05, 4.69) is 4.90 Å². The van der Waals surface area contributed by atoms with E-state index in [-0.39, 0.29) is 0 Å². The first kappa shape index (κ1) is 20.7. The van der Waals surface area contributed by atoms with E-state index in [4.69, 9.17) is 39.4 Å². The molecule has 1 fully saturated rings. The Morgan fingerprint density at radius 3 is 2.60 bits per heavy atom. The van der Waals surface area contributed by atoms with E-state index in [1.165, 1.54) is 0 Å². The maximum Gasteiger partial charge on any atom is 0.247 e. The van der Waals surface area contributed by atoms with Crippen LogP contribution >= 0.6 is 23.8 Å². The lowest BCUT2D eigenvalue weighted by atomic mass is 10.2. The molecule has 4 rings (SSSR count). The number of amides is 1. The normalized spacial score (nSPS) is 17.2. The molecule has 7 nitrogen and oxygen atoms in total. The molecule has 1 atom stereocenters. The smallest absolute Gasteiger partial charge is 0.247 e. The largest absolute Gasteiger partial charge is 0.367 e. The first-order valence-electron chi connectivity index (χ1n) is 9.58. The quantitative estimate of drug-likeness (QED) is 0.613. The van der Waals surface area contributed by atoms with E-state index in [0.29, 0.717) is 36.2 Å². The molecule has 0 bridgehead atoms. The monoisotopic (exact) mass is 443 g/mol. The summed E-state index contributed by atoms with van der Waals surface area (Å²) in [6.45, 7) is 3.99. The SMILES string of the molecule is Cc1ccc(-n2c(-c3ccc(Cl)cc3)nn(CN3CCOC(C(N)=O)C3)c2=S)cc1. The van der Waals surface area contributed by atoms with Gasteiger partial charge in [-0.3, -0.25) is 14.3 Å². The Labute approximate surface area is 184 Å². The van der Waals surface area contributed by atoms with Gasteiger partial charge >= 0.3 is 0 Å². The van der Waals surface area contributed by atoms with Crippen molar-refractivity contribution >= 4 is 29.7 Å². The predicted octanol–water partition coefficient (Wildman–Crippen LogP) is 3.18. The number of aryl methyl sites for hydroxylation is 1. The molecule has 0 saturated carbocycles. The van der Waals surface area contributed by atoms with Gasteiger partial charge in [-0.25, -0.2) is 4.68 Å². The first-order chi connectivity index (χ1) is 14.4. The fourth-order valence-corrected chi connectivity index (χ4v) is 3.82. The summed E-state index contributed by atoms with van der Waals surface area (Å²) < 4.78 is 9.71. The second kappa shape index (κ2) is 8.69. The van der Waals surface area contributed by atoms with Gasteiger partial charge in [0.1, 0.15) is 6.10 Å².